The van der Waals surface area contributed by atoms with Crippen LogP contribution in [0.2, 0.25) is 0 Å². The molecule has 0 aromatic heterocycles. The van der Waals surface area contributed by atoms with E-state index in [-0.39, 0.29) is 52.9 Å². The van der Waals surface area contributed by atoms with Crippen molar-refractivity contribution < 1.29 is 23.8 Å². The molecule has 4 rings (SSSR count). The summed E-state index contributed by atoms with van der Waals surface area (Å²) >= 11 is 0. The van der Waals surface area contributed by atoms with Gasteiger partial charge in [0.15, 0.2) is 5.78 Å². The summed E-state index contributed by atoms with van der Waals surface area (Å²) in [5.74, 6) is 1.51. The van der Waals surface area contributed by atoms with Gasteiger partial charge >= 0.3 is 0 Å². The highest BCUT2D eigenvalue weighted by Crippen LogP contribution is 2.41. The minimum Gasteiger partial charge on any atom is -0.494 e. The van der Waals surface area contributed by atoms with Crippen LogP contribution in [0.25, 0.3) is 0 Å². The van der Waals surface area contributed by atoms with E-state index >= 15 is 0 Å². The van der Waals surface area contributed by atoms with Crippen LogP contribution in [-0.4, -0.2) is 76.0 Å². The van der Waals surface area contributed by atoms with E-state index in [0.717, 1.165) is 46.8 Å². The molecule has 2 aromatic carbocycles. The number of Topliss-reactive ketones (excluding diaryl/α,β-unsaturated/α-hetero) is 1. The molecule has 2 heterocycles. The van der Waals surface area contributed by atoms with E-state index in [1.165, 1.54) is 0 Å². The number of rotatable bonds is 9. The standard InChI is InChI=1S/C30H40N4O5.BrH/c1-7-39-26-15-21-17-34(29(31)22(21)12-20(26)16-27(36)32-5)18-25(35)19-13-23(30(2,3)4)28(37-6)24(14-19)33-8-10-38-11-9-33;/h12-15,31H,7-11,16-18H2,1-6H3,(H,32,36);1H. The van der Waals surface area contributed by atoms with Gasteiger partial charge in [-0.3, -0.25) is 15.0 Å². The van der Waals surface area contributed by atoms with E-state index in [1.807, 2.05) is 31.2 Å². The Balaban J connectivity index is 0.00000441. The number of fused-ring (bicyclic) bond motifs is 1. The Morgan fingerprint density at radius 3 is 2.42 bits per heavy atom. The number of ether oxygens (including phenoxy) is 3. The quantitative estimate of drug-likeness (QED) is 0.408. The topological polar surface area (TPSA) is 104 Å². The molecule has 9 nitrogen and oxygen atoms in total. The minimum atomic E-state index is -0.240. The number of likely N-dealkylation sites (N-methyl/N-ethyl adjacent to an activating group) is 1. The summed E-state index contributed by atoms with van der Waals surface area (Å²) in [4.78, 5) is 29.8. The number of methoxy groups -OCH3 is 1. The lowest BCUT2D eigenvalue weighted by molar-refractivity contribution is -0.119. The first-order valence-corrected chi connectivity index (χ1v) is 13.5. The Bertz CT molecular complexity index is 1270. The first kappa shape index (κ1) is 31.4. The van der Waals surface area contributed by atoms with Gasteiger partial charge in [0.1, 0.15) is 17.3 Å². The van der Waals surface area contributed by atoms with E-state index in [4.69, 9.17) is 19.6 Å². The SMILES string of the molecule is Br.CCOc1cc2c(cc1CC(=O)NC)C(=N)N(CC(=O)c1cc(N3CCOCC3)c(OC)c(C(C)(C)C)c1)C2. The average molecular weight is 618 g/mol. The third-order valence-corrected chi connectivity index (χ3v) is 7.24. The highest BCUT2D eigenvalue weighted by atomic mass is 79.9. The zero-order valence-electron chi connectivity index (χ0n) is 24.3. The molecule has 0 unspecified atom stereocenters. The smallest absolute Gasteiger partial charge is 0.224 e. The second-order valence-electron chi connectivity index (χ2n) is 11.0. The molecule has 0 saturated carbocycles. The van der Waals surface area contributed by atoms with Crippen molar-refractivity contribution in [1.82, 2.24) is 10.2 Å². The number of carbonyl (C=O) groups excluding carboxylic acids is 2. The number of anilines is 1. The summed E-state index contributed by atoms with van der Waals surface area (Å²) < 4.78 is 17.2. The monoisotopic (exact) mass is 616 g/mol. The lowest BCUT2D eigenvalue weighted by atomic mass is 9.84. The molecule has 0 bridgehead atoms. The molecule has 0 radical (unpaired) electrons. The van der Waals surface area contributed by atoms with Crippen LogP contribution in [0.4, 0.5) is 5.69 Å². The van der Waals surface area contributed by atoms with Crippen LogP contribution >= 0.6 is 17.0 Å². The average Bonchev–Trinajstić information content (AvgIpc) is 3.21. The molecule has 1 amide bonds. The van der Waals surface area contributed by atoms with Gasteiger partial charge in [-0.05, 0) is 42.2 Å². The maximum Gasteiger partial charge on any atom is 0.224 e. The fourth-order valence-electron chi connectivity index (χ4n) is 5.15. The Hall–Kier alpha value is -3.11. The van der Waals surface area contributed by atoms with Gasteiger partial charge in [0, 0.05) is 48.9 Å². The maximum absolute atomic E-state index is 13.7. The lowest BCUT2D eigenvalue weighted by Crippen LogP contribution is -2.37. The Labute approximate surface area is 247 Å². The van der Waals surface area contributed by atoms with Gasteiger partial charge in [-0.25, -0.2) is 0 Å². The molecule has 1 saturated heterocycles. The fourth-order valence-corrected chi connectivity index (χ4v) is 5.15. The van der Waals surface area contributed by atoms with Gasteiger partial charge in [0.2, 0.25) is 5.91 Å². The summed E-state index contributed by atoms with van der Waals surface area (Å²) in [6, 6.07) is 7.61. The number of nitrogens with zero attached hydrogens (tertiary/aromatic N) is 2. The molecule has 2 aliphatic rings. The van der Waals surface area contributed by atoms with Gasteiger partial charge in [-0.1, -0.05) is 20.8 Å². The number of amides is 1. The largest absolute Gasteiger partial charge is 0.494 e. The van der Waals surface area contributed by atoms with E-state index < -0.39 is 0 Å². The molecule has 0 aliphatic carbocycles. The van der Waals surface area contributed by atoms with Crippen molar-refractivity contribution in [3.8, 4) is 11.5 Å². The number of carbonyl (C=O) groups is 2. The van der Waals surface area contributed by atoms with Crippen LogP contribution in [0, 0.1) is 5.41 Å². The van der Waals surface area contributed by atoms with Crippen molar-refractivity contribution in [2.45, 2.75) is 46.1 Å². The highest BCUT2D eigenvalue weighted by molar-refractivity contribution is 8.93. The molecular formula is C30H41BrN4O5. The summed E-state index contributed by atoms with van der Waals surface area (Å²) in [6.45, 7) is 11.9. The molecule has 1 fully saturated rings. The summed E-state index contributed by atoms with van der Waals surface area (Å²) in [5, 5.41) is 11.5. The molecule has 218 valence electrons. The zero-order chi connectivity index (χ0) is 28.3. The maximum atomic E-state index is 13.7. The number of morpholine rings is 1. The fraction of sp³-hybridized carbons (Fsp3) is 0.500. The van der Waals surface area contributed by atoms with Crippen LogP contribution < -0.4 is 19.7 Å². The molecule has 10 heteroatoms. The highest BCUT2D eigenvalue weighted by Gasteiger charge is 2.31. The number of nitrogens with one attached hydrogen (secondary N) is 2. The van der Waals surface area contributed by atoms with Crippen LogP contribution in [0.5, 0.6) is 11.5 Å². The number of halogens is 1. The third kappa shape index (κ3) is 6.61. The third-order valence-electron chi connectivity index (χ3n) is 7.24. The van der Waals surface area contributed by atoms with Crippen molar-refractivity contribution in [1.29, 1.82) is 5.41 Å². The number of ketones is 1. The van der Waals surface area contributed by atoms with Crippen LogP contribution in [-0.2, 0) is 27.9 Å². The Kier molecular flexibility index (Phi) is 10.2. The van der Waals surface area contributed by atoms with Gasteiger partial charge in [-0.2, -0.15) is 0 Å². The summed E-state index contributed by atoms with van der Waals surface area (Å²) in [6.07, 6.45) is 0.164. The summed E-state index contributed by atoms with van der Waals surface area (Å²) in [7, 11) is 3.27. The predicted octanol–water partition coefficient (Wildman–Crippen LogP) is 4.12. The molecule has 0 atom stereocenters. The number of amidine groups is 1. The Morgan fingerprint density at radius 1 is 1.12 bits per heavy atom. The number of hydrogen-bond donors (Lipinski definition) is 2. The van der Waals surface area contributed by atoms with Crippen molar-refractivity contribution in [2.24, 2.45) is 0 Å². The second kappa shape index (κ2) is 13.0. The van der Waals surface area contributed by atoms with Crippen LogP contribution in [0.1, 0.15) is 60.3 Å². The normalized spacial score (nSPS) is 14.9. The van der Waals surface area contributed by atoms with E-state index in [1.54, 1.807) is 19.1 Å². The summed E-state index contributed by atoms with van der Waals surface area (Å²) in [5.41, 5.74) is 4.60. The van der Waals surface area contributed by atoms with Gasteiger partial charge < -0.3 is 29.3 Å². The molecular weight excluding hydrogens is 576 g/mol. The van der Waals surface area contributed by atoms with E-state index in [9.17, 15) is 9.59 Å². The van der Waals surface area contributed by atoms with Gasteiger partial charge in [0.05, 0.1) is 45.6 Å². The van der Waals surface area contributed by atoms with E-state index in [2.05, 4.69) is 31.0 Å². The second-order valence-corrected chi connectivity index (χ2v) is 11.0. The first-order chi connectivity index (χ1) is 18.6. The lowest BCUT2D eigenvalue weighted by Gasteiger charge is -2.33. The van der Waals surface area contributed by atoms with Crippen LogP contribution in [0.3, 0.4) is 0 Å². The Morgan fingerprint density at radius 2 is 1.82 bits per heavy atom. The van der Waals surface area contributed by atoms with Gasteiger partial charge in [0.25, 0.3) is 0 Å². The van der Waals surface area contributed by atoms with Crippen LogP contribution in [0.15, 0.2) is 24.3 Å². The van der Waals surface area contributed by atoms with Crippen molar-refractivity contribution in [2.75, 3.05) is 58.5 Å². The van der Waals surface area contributed by atoms with Crippen molar-refractivity contribution >= 4 is 40.2 Å². The van der Waals surface area contributed by atoms with Crippen molar-refractivity contribution in [3.63, 3.8) is 0 Å². The molecule has 0 spiro atoms. The molecule has 2 N–H and O–H groups in total. The zero-order valence-corrected chi connectivity index (χ0v) is 26.0. The molecule has 2 aliphatic heterocycles. The van der Waals surface area contributed by atoms with Crippen molar-refractivity contribution in [3.05, 3.63) is 52.1 Å². The predicted molar refractivity (Wildman–Crippen MR) is 162 cm³/mol. The number of benzene rings is 2. The van der Waals surface area contributed by atoms with E-state index in [0.29, 0.717) is 37.7 Å². The first-order valence-electron chi connectivity index (χ1n) is 13.5. The molecule has 40 heavy (non-hydrogen) atoms. The van der Waals surface area contributed by atoms with Gasteiger partial charge in [-0.15, -0.1) is 17.0 Å². The number of hydrogen-bond acceptors (Lipinski definition) is 7. The minimum absolute atomic E-state index is 0. The molecule has 2 aromatic rings.